The van der Waals surface area contributed by atoms with Crippen molar-refractivity contribution in [3.8, 4) is 11.5 Å². The second-order valence-electron chi connectivity index (χ2n) is 6.61. The molecule has 7 nitrogen and oxygen atoms in total. The van der Waals surface area contributed by atoms with Crippen molar-refractivity contribution in [3.05, 3.63) is 78.4 Å². The number of ether oxygens (including phenoxy) is 1. The molecule has 0 radical (unpaired) electrons. The van der Waals surface area contributed by atoms with Crippen LogP contribution in [0.3, 0.4) is 0 Å². The van der Waals surface area contributed by atoms with Crippen LogP contribution < -0.4 is 14.8 Å². The number of para-hydroxylation sites is 1. The molecular formula is C22H22F2NO6PS. The van der Waals surface area contributed by atoms with Crippen LogP contribution in [0.5, 0.6) is 11.5 Å². The Balaban J connectivity index is 1.75. The molecule has 3 aromatic rings. The lowest BCUT2D eigenvalue weighted by Gasteiger charge is -2.17. The zero-order chi connectivity index (χ0) is 24.1. The van der Waals surface area contributed by atoms with Crippen LogP contribution in [0.25, 0.3) is 0 Å². The van der Waals surface area contributed by atoms with E-state index in [4.69, 9.17) is 13.8 Å². The van der Waals surface area contributed by atoms with E-state index in [1.807, 2.05) is 0 Å². The lowest BCUT2D eigenvalue weighted by atomic mass is 10.3. The fourth-order valence-corrected chi connectivity index (χ4v) is 5.46. The largest absolute Gasteiger partial charge is 0.451 e. The van der Waals surface area contributed by atoms with Gasteiger partial charge in [-0.3, -0.25) is 9.29 Å². The van der Waals surface area contributed by atoms with E-state index in [1.165, 1.54) is 54.6 Å². The third-order valence-corrected chi connectivity index (χ3v) is 7.83. The first-order valence-electron chi connectivity index (χ1n) is 9.93. The average molecular weight is 497 g/mol. The standard InChI is InChI=1S/C22H22F2NO6PS/c1-3-29-32(26,30-4-2)18-12-8-16(9-13-18)25-33(27,28)19-14-10-17(11-15-19)31-22-20(23)6-5-7-21(22)24/h5-15,25H,3-4H2,1-2H3. The first-order chi connectivity index (χ1) is 15.7. The summed E-state index contributed by atoms with van der Waals surface area (Å²) in [7, 11) is -7.46. The molecule has 0 aromatic heterocycles. The van der Waals surface area contributed by atoms with E-state index in [9.17, 15) is 21.8 Å². The molecule has 0 aliphatic carbocycles. The van der Waals surface area contributed by atoms with Gasteiger partial charge in [-0.15, -0.1) is 0 Å². The van der Waals surface area contributed by atoms with Crippen molar-refractivity contribution < 1.29 is 35.5 Å². The highest BCUT2D eigenvalue weighted by atomic mass is 32.2. The first kappa shape index (κ1) is 24.9. The average Bonchev–Trinajstić information content (AvgIpc) is 2.77. The third kappa shape index (κ3) is 5.97. The van der Waals surface area contributed by atoms with E-state index in [0.717, 1.165) is 12.1 Å². The maximum absolute atomic E-state index is 13.7. The molecule has 33 heavy (non-hydrogen) atoms. The summed E-state index contributed by atoms with van der Waals surface area (Å²) in [5.74, 6) is -2.28. The van der Waals surface area contributed by atoms with Gasteiger partial charge in [0.25, 0.3) is 10.0 Å². The molecule has 3 rings (SSSR count). The molecule has 0 spiro atoms. The molecule has 0 unspecified atom stereocenters. The van der Waals surface area contributed by atoms with Gasteiger partial charge in [0.15, 0.2) is 17.4 Å². The summed E-state index contributed by atoms with van der Waals surface area (Å²) in [6, 6.07) is 14.2. The van der Waals surface area contributed by atoms with Gasteiger partial charge in [0.2, 0.25) is 0 Å². The molecule has 0 heterocycles. The fourth-order valence-electron chi connectivity index (χ4n) is 2.84. The zero-order valence-corrected chi connectivity index (χ0v) is 19.5. The molecule has 0 bridgehead atoms. The number of rotatable bonds is 10. The zero-order valence-electron chi connectivity index (χ0n) is 17.8. The van der Waals surface area contributed by atoms with Gasteiger partial charge in [-0.2, -0.15) is 0 Å². The van der Waals surface area contributed by atoms with Gasteiger partial charge in [-0.25, -0.2) is 17.2 Å². The summed E-state index contributed by atoms with van der Waals surface area (Å²) in [6.45, 7) is 3.76. The molecular weight excluding hydrogens is 475 g/mol. The van der Waals surface area contributed by atoms with Crippen LogP contribution in [0.2, 0.25) is 0 Å². The molecule has 0 aliphatic rings. The van der Waals surface area contributed by atoms with Crippen molar-refractivity contribution in [2.75, 3.05) is 17.9 Å². The second kappa shape index (κ2) is 10.4. The quantitative estimate of drug-likeness (QED) is 0.375. The van der Waals surface area contributed by atoms with E-state index in [-0.39, 0.29) is 29.5 Å². The van der Waals surface area contributed by atoms with Gasteiger partial charge in [0, 0.05) is 5.69 Å². The van der Waals surface area contributed by atoms with Crippen molar-refractivity contribution in [2.45, 2.75) is 18.7 Å². The Morgan fingerprint density at radius 3 is 1.91 bits per heavy atom. The summed E-state index contributed by atoms with van der Waals surface area (Å²) in [5, 5.41) is 0.302. The van der Waals surface area contributed by atoms with Gasteiger partial charge in [0.05, 0.1) is 23.4 Å². The molecule has 3 aromatic carbocycles. The first-order valence-corrected chi connectivity index (χ1v) is 13.0. The number of hydrogen-bond acceptors (Lipinski definition) is 6. The summed E-state index contributed by atoms with van der Waals surface area (Å²) in [5.41, 5.74) is 0.229. The summed E-state index contributed by atoms with van der Waals surface area (Å²) < 4.78 is 83.8. The molecule has 1 N–H and O–H groups in total. The van der Waals surface area contributed by atoms with Crippen LogP contribution in [0.4, 0.5) is 14.5 Å². The van der Waals surface area contributed by atoms with Crippen LogP contribution >= 0.6 is 7.60 Å². The predicted molar refractivity (Wildman–Crippen MR) is 121 cm³/mol. The van der Waals surface area contributed by atoms with Crippen molar-refractivity contribution in [3.63, 3.8) is 0 Å². The summed E-state index contributed by atoms with van der Waals surface area (Å²) in [6.07, 6.45) is 0. The van der Waals surface area contributed by atoms with Gasteiger partial charge < -0.3 is 13.8 Å². The lowest BCUT2D eigenvalue weighted by Crippen LogP contribution is -2.14. The molecule has 0 saturated carbocycles. The van der Waals surface area contributed by atoms with E-state index >= 15 is 0 Å². The molecule has 176 valence electrons. The SMILES string of the molecule is CCOP(=O)(OCC)c1ccc(NS(=O)(=O)c2ccc(Oc3c(F)cccc3F)cc2)cc1. The normalized spacial score (nSPS) is 11.9. The number of hydrogen-bond donors (Lipinski definition) is 1. The van der Waals surface area contributed by atoms with Crippen molar-refractivity contribution in [1.82, 2.24) is 0 Å². The topological polar surface area (TPSA) is 90.9 Å². The van der Waals surface area contributed by atoms with Crippen LogP contribution in [-0.2, 0) is 23.6 Å². The Hall–Kier alpha value is -2.78. The minimum Gasteiger partial charge on any atom is -0.451 e. The third-order valence-electron chi connectivity index (χ3n) is 4.31. The number of sulfonamides is 1. The van der Waals surface area contributed by atoms with Crippen LogP contribution in [-0.4, -0.2) is 21.6 Å². The maximum Gasteiger partial charge on any atom is 0.361 e. The predicted octanol–water partition coefficient (Wildman–Crippen LogP) is 5.45. The molecule has 0 fully saturated rings. The summed E-state index contributed by atoms with van der Waals surface area (Å²) >= 11 is 0. The number of benzene rings is 3. The Morgan fingerprint density at radius 2 is 1.39 bits per heavy atom. The minimum atomic E-state index is -3.97. The minimum absolute atomic E-state index is 0.0601. The van der Waals surface area contributed by atoms with Crippen molar-refractivity contribution in [2.24, 2.45) is 0 Å². The smallest absolute Gasteiger partial charge is 0.361 e. The van der Waals surface area contributed by atoms with Gasteiger partial charge in [-0.1, -0.05) is 6.07 Å². The highest BCUT2D eigenvalue weighted by Crippen LogP contribution is 2.46. The number of halogens is 2. The van der Waals surface area contributed by atoms with E-state index in [0.29, 0.717) is 5.30 Å². The molecule has 11 heteroatoms. The van der Waals surface area contributed by atoms with E-state index in [1.54, 1.807) is 13.8 Å². The van der Waals surface area contributed by atoms with Crippen molar-refractivity contribution in [1.29, 1.82) is 0 Å². The van der Waals surface area contributed by atoms with E-state index in [2.05, 4.69) is 4.72 Å². The Kier molecular flexibility index (Phi) is 7.86. The maximum atomic E-state index is 13.7. The second-order valence-corrected chi connectivity index (χ2v) is 10.3. The van der Waals surface area contributed by atoms with Crippen molar-refractivity contribution >= 4 is 28.6 Å². The molecule has 0 atom stereocenters. The van der Waals surface area contributed by atoms with Gasteiger partial charge >= 0.3 is 7.60 Å². The lowest BCUT2D eigenvalue weighted by molar-refractivity contribution is 0.230. The van der Waals surface area contributed by atoms with Crippen LogP contribution in [0, 0.1) is 11.6 Å². The highest BCUT2D eigenvalue weighted by Gasteiger charge is 2.26. The molecule has 0 amide bonds. The van der Waals surface area contributed by atoms with E-state index < -0.39 is 35.0 Å². The van der Waals surface area contributed by atoms with Gasteiger partial charge in [-0.05, 0) is 74.5 Å². The Bertz CT molecular complexity index is 1220. The van der Waals surface area contributed by atoms with Gasteiger partial charge in [0.1, 0.15) is 5.75 Å². The highest BCUT2D eigenvalue weighted by molar-refractivity contribution is 7.92. The number of anilines is 1. The number of nitrogens with one attached hydrogen (secondary N) is 1. The molecule has 0 aliphatic heterocycles. The summed E-state index contributed by atoms with van der Waals surface area (Å²) in [4.78, 5) is -0.0952. The van der Waals surface area contributed by atoms with Crippen LogP contribution in [0.15, 0.2) is 71.6 Å². The molecule has 0 saturated heterocycles. The van der Waals surface area contributed by atoms with Crippen LogP contribution in [0.1, 0.15) is 13.8 Å². The Morgan fingerprint density at radius 1 is 0.848 bits per heavy atom. The Labute approximate surface area is 190 Å². The fraction of sp³-hybridized carbons (Fsp3) is 0.182. The monoisotopic (exact) mass is 497 g/mol.